The zero-order valence-corrected chi connectivity index (χ0v) is 43.6. The number of carbonyl (C=O) groups excluding carboxylic acids is 3. The Hall–Kier alpha value is -2.04. The van der Waals surface area contributed by atoms with Gasteiger partial charge in [0.2, 0.25) is 0 Å². The lowest BCUT2D eigenvalue weighted by Crippen LogP contribution is -2.30. The maximum atomic E-state index is 12.8. The highest BCUT2D eigenvalue weighted by Crippen LogP contribution is 2.43. The predicted octanol–water partition coefficient (Wildman–Crippen LogP) is 15.5. The Morgan fingerprint density at radius 3 is 1.06 bits per heavy atom. The molecule has 0 aliphatic heterocycles. The minimum Gasteiger partial charge on any atom is -0.462 e. The van der Waals surface area contributed by atoms with Gasteiger partial charge in [-0.25, -0.2) is 4.57 Å². The van der Waals surface area contributed by atoms with Gasteiger partial charge in [-0.2, -0.15) is 0 Å². The molecule has 66 heavy (non-hydrogen) atoms. The molecule has 11 nitrogen and oxygen atoms in total. The Labute approximate surface area is 404 Å². The normalized spacial score (nSPS) is 13.6. The standard InChI is InChI=1S/C54H101O11P/c1-4-7-10-13-16-19-21-23-24-25-26-28-29-32-34-37-40-43-52(56)61-47-51(65-54(58)45-42-39-36-33-30-27-22-20-17-14-11-8-5-2)49-63-66(59,60)62-48-50(46-55)64-53(57)44-41-38-35-31-18-15-12-9-6-3/h20,22-24,50-51,55H,4-19,21,25-49H2,1-3H3,(H,59,60)/b22-20-,24-23-. The molecule has 0 saturated heterocycles. The van der Waals surface area contributed by atoms with Gasteiger partial charge in [-0.15, -0.1) is 0 Å². The van der Waals surface area contributed by atoms with Crippen LogP contribution >= 0.6 is 7.82 Å². The third-order valence-electron chi connectivity index (χ3n) is 11.8. The van der Waals surface area contributed by atoms with Crippen molar-refractivity contribution in [2.75, 3.05) is 26.4 Å². The molecule has 0 bridgehead atoms. The van der Waals surface area contributed by atoms with Gasteiger partial charge in [0, 0.05) is 19.3 Å². The van der Waals surface area contributed by atoms with Crippen molar-refractivity contribution in [3.63, 3.8) is 0 Å². The number of aliphatic hydroxyl groups excluding tert-OH is 1. The average molecular weight is 957 g/mol. The summed E-state index contributed by atoms with van der Waals surface area (Å²) in [5, 5.41) is 9.75. The average Bonchev–Trinajstić information content (AvgIpc) is 3.30. The monoisotopic (exact) mass is 957 g/mol. The molecule has 3 unspecified atom stereocenters. The molecule has 0 aromatic carbocycles. The van der Waals surface area contributed by atoms with Gasteiger partial charge in [-0.3, -0.25) is 23.4 Å². The number of hydrogen-bond donors (Lipinski definition) is 2. The Morgan fingerprint density at radius 1 is 0.409 bits per heavy atom. The molecule has 0 fully saturated rings. The molecule has 388 valence electrons. The van der Waals surface area contributed by atoms with Crippen LogP contribution in [-0.2, 0) is 42.2 Å². The zero-order valence-electron chi connectivity index (χ0n) is 42.7. The highest BCUT2D eigenvalue weighted by molar-refractivity contribution is 7.47. The number of ether oxygens (including phenoxy) is 3. The summed E-state index contributed by atoms with van der Waals surface area (Å²) in [6.45, 7) is 4.61. The van der Waals surface area contributed by atoms with E-state index in [1.54, 1.807) is 0 Å². The smallest absolute Gasteiger partial charge is 0.462 e. The molecule has 0 aliphatic carbocycles. The van der Waals surface area contributed by atoms with Gasteiger partial charge in [0.15, 0.2) is 6.10 Å². The number of carbonyl (C=O) groups is 3. The summed E-state index contributed by atoms with van der Waals surface area (Å²) < 4.78 is 39.3. The summed E-state index contributed by atoms with van der Waals surface area (Å²) in [4.78, 5) is 48.3. The molecule has 0 rings (SSSR count). The van der Waals surface area contributed by atoms with Crippen LogP contribution in [0.2, 0.25) is 0 Å². The van der Waals surface area contributed by atoms with Gasteiger partial charge in [0.25, 0.3) is 0 Å². The number of phosphoric ester groups is 1. The number of aliphatic hydroxyl groups is 1. The number of esters is 3. The highest BCUT2D eigenvalue weighted by atomic mass is 31.2. The van der Waals surface area contributed by atoms with E-state index in [1.807, 2.05) is 0 Å². The number of hydrogen-bond acceptors (Lipinski definition) is 10. The predicted molar refractivity (Wildman–Crippen MR) is 270 cm³/mol. The van der Waals surface area contributed by atoms with Gasteiger partial charge >= 0.3 is 25.7 Å². The third-order valence-corrected chi connectivity index (χ3v) is 12.8. The van der Waals surface area contributed by atoms with E-state index in [0.717, 1.165) is 83.5 Å². The van der Waals surface area contributed by atoms with Crippen LogP contribution in [0.25, 0.3) is 0 Å². The quantitative estimate of drug-likeness (QED) is 0.0197. The van der Waals surface area contributed by atoms with Crippen molar-refractivity contribution in [1.29, 1.82) is 0 Å². The van der Waals surface area contributed by atoms with Crippen LogP contribution in [-0.4, -0.2) is 66.5 Å². The Kier molecular flexibility index (Phi) is 47.9. The summed E-state index contributed by atoms with van der Waals surface area (Å²) >= 11 is 0. The summed E-state index contributed by atoms with van der Waals surface area (Å²) in [6, 6.07) is 0. The second kappa shape index (κ2) is 49.4. The molecule has 2 N–H and O–H groups in total. The van der Waals surface area contributed by atoms with Crippen molar-refractivity contribution in [3.05, 3.63) is 24.3 Å². The first-order valence-corrected chi connectivity index (χ1v) is 28.7. The SMILES string of the molecule is CCCCCC/C=C\CCCCCCCC(=O)OC(COC(=O)CCCCCCCCC/C=C\CCCCCCCC)COP(=O)(O)OCC(CO)OC(=O)CCCCCCCCCCC. The zero-order chi connectivity index (χ0) is 48.4. The molecule has 0 radical (unpaired) electrons. The van der Waals surface area contributed by atoms with Crippen LogP contribution in [0.3, 0.4) is 0 Å². The van der Waals surface area contributed by atoms with Gasteiger partial charge in [-0.1, -0.05) is 199 Å². The van der Waals surface area contributed by atoms with Crippen molar-refractivity contribution in [2.45, 2.75) is 277 Å². The molecule has 3 atom stereocenters. The molecule has 0 aromatic rings. The van der Waals surface area contributed by atoms with E-state index in [4.69, 9.17) is 23.3 Å². The van der Waals surface area contributed by atoms with Gasteiger partial charge < -0.3 is 24.2 Å². The summed E-state index contributed by atoms with van der Waals surface area (Å²) in [5.41, 5.74) is 0. The van der Waals surface area contributed by atoms with E-state index >= 15 is 0 Å². The number of allylic oxidation sites excluding steroid dienone is 4. The van der Waals surface area contributed by atoms with Crippen molar-refractivity contribution < 1.29 is 52.2 Å². The molecular weight excluding hydrogens is 856 g/mol. The van der Waals surface area contributed by atoms with E-state index in [1.165, 1.54) is 122 Å². The van der Waals surface area contributed by atoms with Crippen LogP contribution in [0.15, 0.2) is 24.3 Å². The van der Waals surface area contributed by atoms with E-state index in [9.17, 15) is 28.9 Å². The molecular formula is C54H101O11P. The summed E-state index contributed by atoms with van der Waals surface area (Å²) in [6.07, 6.45) is 47.2. The first-order valence-electron chi connectivity index (χ1n) is 27.2. The summed E-state index contributed by atoms with van der Waals surface area (Å²) in [5.74, 6) is -1.47. The van der Waals surface area contributed by atoms with Crippen LogP contribution < -0.4 is 0 Å². The van der Waals surface area contributed by atoms with E-state index < -0.39 is 57.8 Å². The molecule has 0 aromatic heterocycles. The fourth-order valence-corrected chi connectivity index (χ4v) is 8.42. The Morgan fingerprint density at radius 2 is 0.697 bits per heavy atom. The first kappa shape index (κ1) is 64.0. The van der Waals surface area contributed by atoms with Crippen molar-refractivity contribution in [2.24, 2.45) is 0 Å². The van der Waals surface area contributed by atoms with Crippen LogP contribution in [0.5, 0.6) is 0 Å². The van der Waals surface area contributed by atoms with Gasteiger partial charge in [-0.05, 0) is 70.6 Å². The van der Waals surface area contributed by atoms with E-state index in [0.29, 0.717) is 19.3 Å². The van der Waals surface area contributed by atoms with E-state index in [2.05, 4.69) is 45.1 Å². The first-order chi connectivity index (χ1) is 32.2. The van der Waals surface area contributed by atoms with Crippen LogP contribution in [0.1, 0.15) is 265 Å². The molecule has 0 amide bonds. The fourth-order valence-electron chi connectivity index (χ4n) is 7.64. The number of unbranched alkanes of at least 4 members (excludes halogenated alkanes) is 30. The molecule has 0 heterocycles. The van der Waals surface area contributed by atoms with Crippen LogP contribution in [0, 0.1) is 0 Å². The number of phosphoric acid groups is 1. The third kappa shape index (κ3) is 47.0. The Balaban J connectivity index is 4.70. The van der Waals surface area contributed by atoms with Gasteiger partial charge in [0.05, 0.1) is 19.8 Å². The van der Waals surface area contributed by atoms with E-state index in [-0.39, 0.29) is 25.9 Å². The van der Waals surface area contributed by atoms with Crippen molar-refractivity contribution in [3.8, 4) is 0 Å². The fraction of sp³-hybridized carbons (Fsp3) is 0.870. The minimum absolute atomic E-state index is 0.161. The molecule has 0 saturated carbocycles. The Bertz CT molecular complexity index is 1210. The highest BCUT2D eigenvalue weighted by Gasteiger charge is 2.28. The lowest BCUT2D eigenvalue weighted by Gasteiger charge is -2.21. The minimum atomic E-state index is -4.73. The topological polar surface area (TPSA) is 155 Å². The lowest BCUT2D eigenvalue weighted by molar-refractivity contribution is -0.161. The lowest BCUT2D eigenvalue weighted by atomic mass is 10.1. The van der Waals surface area contributed by atoms with Crippen LogP contribution in [0.4, 0.5) is 0 Å². The second-order valence-corrected chi connectivity index (χ2v) is 19.8. The molecule has 0 spiro atoms. The van der Waals surface area contributed by atoms with Crippen molar-refractivity contribution >= 4 is 25.7 Å². The maximum Gasteiger partial charge on any atom is 0.472 e. The second-order valence-electron chi connectivity index (χ2n) is 18.4. The van der Waals surface area contributed by atoms with Crippen molar-refractivity contribution in [1.82, 2.24) is 0 Å². The largest absolute Gasteiger partial charge is 0.472 e. The maximum absolute atomic E-state index is 12.8. The van der Waals surface area contributed by atoms with Gasteiger partial charge in [0.1, 0.15) is 12.7 Å². The summed E-state index contributed by atoms with van der Waals surface area (Å²) in [7, 11) is -4.73. The molecule has 0 aliphatic rings. The molecule has 12 heteroatoms. The number of rotatable bonds is 51.